The second kappa shape index (κ2) is 5.87. The Balaban J connectivity index is 2.67. The van der Waals surface area contributed by atoms with Crippen LogP contribution in [-0.4, -0.2) is 23.7 Å². The maximum absolute atomic E-state index is 11.2. The molecule has 3 atom stereocenters. The van der Waals surface area contributed by atoms with Gasteiger partial charge in [0.25, 0.3) is 0 Å². The number of aliphatic carboxylic acids is 1. The van der Waals surface area contributed by atoms with Crippen LogP contribution in [0.15, 0.2) is 11.6 Å². The normalized spacial score (nSPS) is 32.8. The lowest BCUT2D eigenvalue weighted by Gasteiger charge is -2.46. The molecular weight excluding hydrogens is 238 g/mol. The average Bonchev–Trinajstić information content (AvgIpc) is 2.24. The Bertz CT molecular complexity index is 302. The van der Waals surface area contributed by atoms with E-state index in [9.17, 15) is 9.90 Å². The van der Waals surface area contributed by atoms with E-state index in [2.05, 4.69) is 26.1 Å². The lowest BCUT2D eigenvalue weighted by atomic mass is 9.61. The molecule has 1 saturated carbocycles. The molecule has 3 nitrogen and oxygen atoms in total. The minimum absolute atomic E-state index is 0.174. The van der Waals surface area contributed by atoms with E-state index in [1.54, 1.807) is 0 Å². The molecule has 0 aliphatic heterocycles. The molecule has 0 spiro atoms. The van der Waals surface area contributed by atoms with Gasteiger partial charge in [-0.05, 0) is 24.2 Å². The molecule has 0 heterocycles. The first kappa shape index (κ1) is 14.5. The smallest absolute Gasteiger partial charge is 0.307 e. The molecule has 0 aromatic heterocycles. The van der Waals surface area contributed by atoms with Crippen LogP contribution in [0.3, 0.4) is 0 Å². The SMILES string of the molecule is CC1C(NC/C=C/Cl)CCC(C(=O)O)C1(C)C. The van der Waals surface area contributed by atoms with Gasteiger partial charge in [0.05, 0.1) is 5.92 Å². The second-order valence-electron chi connectivity index (χ2n) is 5.45. The van der Waals surface area contributed by atoms with Crippen LogP contribution in [0, 0.1) is 17.3 Å². The molecule has 0 radical (unpaired) electrons. The van der Waals surface area contributed by atoms with Gasteiger partial charge in [-0.25, -0.2) is 0 Å². The van der Waals surface area contributed by atoms with Gasteiger partial charge in [0.1, 0.15) is 0 Å². The van der Waals surface area contributed by atoms with Crippen molar-refractivity contribution in [3.63, 3.8) is 0 Å². The molecule has 1 fully saturated rings. The van der Waals surface area contributed by atoms with Gasteiger partial charge in [-0.3, -0.25) is 4.79 Å². The first-order valence-corrected chi connectivity index (χ1v) is 6.56. The predicted octanol–water partition coefficient (Wildman–Crippen LogP) is 2.85. The Hall–Kier alpha value is -0.540. The van der Waals surface area contributed by atoms with Crippen molar-refractivity contribution in [3.8, 4) is 0 Å². The Morgan fingerprint density at radius 2 is 2.18 bits per heavy atom. The maximum Gasteiger partial charge on any atom is 0.307 e. The fourth-order valence-electron chi connectivity index (χ4n) is 2.79. The summed E-state index contributed by atoms with van der Waals surface area (Å²) in [6.07, 6.45) is 3.52. The molecule has 3 unspecified atom stereocenters. The molecule has 1 aliphatic rings. The third-order valence-electron chi connectivity index (χ3n) is 4.33. The topological polar surface area (TPSA) is 49.3 Å². The average molecular weight is 260 g/mol. The summed E-state index contributed by atoms with van der Waals surface area (Å²) in [5.74, 6) is -0.568. The molecule has 0 aromatic carbocycles. The molecule has 2 N–H and O–H groups in total. The Labute approximate surface area is 108 Å². The van der Waals surface area contributed by atoms with Crippen molar-refractivity contribution < 1.29 is 9.90 Å². The zero-order valence-corrected chi connectivity index (χ0v) is 11.5. The number of carbonyl (C=O) groups is 1. The summed E-state index contributed by atoms with van der Waals surface area (Å²) in [5, 5.41) is 12.7. The molecule has 1 rings (SSSR count). The van der Waals surface area contributed by atoms with E-state index in [1.165, 1.54) is 5.54 Å². The third-order valence-corrected chi connectivity index (χ3v) is 4.50. The summed E-state index contributed by atoms with van der Waals surface area (Å²) >= 11 is 5.48. The van der Waals surface area contributed by atoms with Gasteiger partial charge in [-0.1, -0.05) is 38.4 Å². The Morgan fingerprint density at radius 3 is 2.71 bits per heavy atom. The first-order chi connectivity index (χ1) is 7.91. The van der Waals surface area contributed by atoms with E-state index < -0.39 is 5.97 Å². The summed E-state index contributed by atoms with van der Waals surface area (Å²) in [7, 11) is 0. The number of halogens is 1. The number of carboxylic acid groups (broad SMARTS) is 1. The molecule has 4 heteroatoms. The number of carboxylic acids is 1. The molecule has 0 bridgehead atoms. The van der Waals surface area contributed by atoms with Crippen LogP contribution in [0.1, 0.15) is 33.6 Å². The van der Waals surface area contributed by atoms with Crippen molar-refractivity contribution in [2.24, 2.45) is 17.3 Å². The quantitative estimate of drug-likeness (QED) is 0.816. The minimum Gasteiger partial charge on any atom is -0.481 e. The van der Waals surface area contributed by atoms with Gasteiger partial charge in [-0.15, -0.1) is 0 Å². The molecular formula is C13H22ClNO2. The highest BCUT2D eigenvalue weighted by atomic mass is 35.5. The monoisotopic (exact) mass is 259 g/mol. The zero-order chi connectivity index (χ0) is 13.1. The summed E-state index contributed by atoms with van der Waals surface area (Å²) in [6.45, 7) is 6.99. The van der Waals surface area contributed by atoms with E-state index in [1.807, 2.05) is 6.08 Å². The Kier molecular flexibility index (Phi) is 5.02. The highest BCUT2D eigenvalue weighted by molar-refractivity contribution is 6.25. The lowest BCUT2D eigenvalue weighted by molar-refractivity contribution is -0.150. The maximum atomic E-state index is 11.2. The summed E-state index contributed by atoms with van der Waals surface area (Å²) in [5.41, 5.74) is 1.33. The van der Waals surface area contributed by atoms with Gasteiger partial charge < -0.3 is 10.4 Å². The largest absolute Gasteiger partial charge is 0.481 e. The summed E-state index contributed by atoms with van der Waals surface area (Å²) in [6, 6.07) is 0.369. The van der Waals surface area contributed by atoms with E-state index in [-0.39, 0.29) is 11.3 Å². The van der Waals surface area contributed by atoms with Crippen molar-refractivity contribution in [1.82, 2.24) is 5.32 Å². The van der Waals surface area contributed by atoms with Crippen molar-refractivity contribution in [2.45, 2.75) is 39.7 Å². The van der Waals surface area contributed by atoms with Crippen molar-refractivity contribution in [2.75, 3.05) is 6.54 Å². The van der Waals surface area contributed by atoms with E-state index in [0.29, 0.717) is 12.0 Å². The lowest BCUT2D eigenvalue weighted by Crippen LogP contribution is -2.51. The van der Waals surface area contributed by atoms with Gasteiger partial charge in [0, 0.05) is 18.1 Å². The fraction of sp³-hybridized carbons (Fsp3) is 0.769. The van der Waals surface area contributed by atoms with Gasteiger partial charge in [-0.2, -0.15) is 0 Å². The Morgan fingerprint density at radius 1 is 1.53 bits per heavy atom. The number of hydrogen-bond acceptors (Lipinski definition) is 2. The summed E-state index contributed by atoms with van der Waals surface area (Å²) < 4.78 is 0. The van der Waals surface area contributed by atoms with Crippen molar-refractivity contribution >= 4 is 17.6 Å². The van der Waals surface area contributed by atoms with E-state index in [4.69, 9.17) is 11.6 Å². The predicted molar refractivity (Wildman–Crippen MR) is 70.1 cm³/mol. The molecule has 98 valence electrons. The molecule has 0 aromatic rings. The van der Waals surface area contributed by atoms with E-state index >= 15 is 0 Å². The van der Waals surface area contributed by atoms with Crippen LogP contribution in [0.2, 0.25) is 0 Å². The highest BCUT2D eigenvalue weighted by Crippen LogP contribution is 2.44. The number of rotatable bonds is 4. The number of nitrogens with one attached hydrogen (secondary N) is 1. The van der Waals surface area contributed by atoms with Crippen molar-refractivity contribution in [1.29, 1.82) is 0 Å². The summed E-state index contributed by atoms with van der Waals surface area (Å²) in [4.78, 5) is 11.2. The van der Waals surface area contributed by atoms with Crippen LogP contribution < -0.4 is 5.32 Å². The van der Waals surface area contributed by atoms with Crippen LogP contribution in [0.25, 0.3) is 0 Å². The number of hydrogen-bond donors (Lipinski definition) is 2. The fourth-order valence-corrected chi connectivity index (χ4v) is 2.88. The molecule has 0 amide bonds. The van der Waals surface area contributed by atoms with Crippen LogP contribution in [0.5, 0.6) is 0 Å². The van der Waals surface area contributed by atoms with Crippen LogP contribution in [-0.2, 0) is 4.79 Å². The van der Waals surface area contributed by atoms with E-state index in [0.717, 1.165) is 19.4 Å². The third kappa shape index (κ3) is 3.23. The molecule has 0 saturated heterocycles. The van der Waals surface area contributed by atoms with Gasteiger partial charge >= 0.3 is 5.97 Å². The minimum atomic E-state index is -0.666. The van der Waals surface area contributed by atoms with Crippen LogP contribution in [0.4, 0.5) is 0 Å². The molecule has 1 aliphatic carbocycles. The standard InChI is InChI=1S/C13H22ClNO2/c1-9-11(15-8-4-7-14)6-5-10(12(16)17)13(9,2)3/h4,7,9-11,15H,5-6,8H2,1-3H3,(H,16,17)/b7-4+. The van der Waals surface area contributed by atoms with Crippen LogP contribution >= 0.6 is 11.6 Å². The second-order valence-corrected chi connectivity index (χ2v) is 5.71. The highest BCUT2D eigenvalue weighted by Gasteiger charge is 2.45. The van der Waals surface area contributed by atoms with Gasteiger partial charge in [0.15, 0.2) is 0 Å². The first-order valence-electron chi connectivity index (χ1n) is 6.12. The zero-order valence-electron chi connectivity index (χ0n) is 10.7. The molecule has 17 heavy (non-hydrogen) atoms. The van der Waals surface area contributed by atoms with Gasteiger partial charge in [0.2, 0.25) is 0 Å². The van der Waals surface area contributed by atoms with Crippen molar-refractivity contribution in [3.05, 3.63) is 11.6 Å².